The summed E-state index contributed by atoms with van der Waals surface area (Å²) in [6, 6.07) is 4.67. The van der Waals surface area contributed by atoms with Crippen LogP contribution in [0.3, 0.4) is 0 Å². The summed E-state index contributed by atoms with van der Waals surface area (Å²) >= 11 is 3.22. The molecule has 0 saturated heterocycles. The van der Waals surface area contributed by atoms with Gasteiger partial charge in [-0.2, -0.15) is 0 Å². The fourth-order valence-electron chi connectivity index (χ4n) is 4.09. The van der Waals surface area contributed by atoms with Crippen molar-refractivity contribution in [1.82, 2.24) is 9.78 Å². The minimum Gasteiger partial charge on any atom is -0.298 e. The van der Waals surface area contributed by atoms with Crippen LogP contribution in [0.4, 0.5) is 10.2 Å². The summed E-state index contributed by atoms with van der Waals surface area (Å²) in [7, 11) is 1.73. The second kappa shape index (κ2) is 5.74. The van der Waals surface area contributed by atoms with E-state index in [2.05, 4.69) is 26.0 Å². The number of carbonyl (C=O) groups is 1. The van der Waals surface area contributed by atoms with E-state index in [9.17, 15) is 14.0 Å². The molecule has 5 nitrogen and oxygen atoms in total. The quantitative estimate of drug-likeness (QED) is 0.762. The lowest BCUT2D eigenvalue weighted by Gasteiger charge is -2.40. The fourth-order valence-corrected chi connectivity index (χ4v) is 4.49. The number of aliphatic imine (C=N–C) groups is 1. The zero-order chi connectivity index (χ0) is 18.8. The number of aromatic amines is 1. The molecule has 4 rings (SSSR count). The lowest BCUT2D eigenvalue weighted by Crippen LogP contribution is -2.45. The van der Waals surface area contributed by atoms with Crippen LogP contribution in [0.25, 0.3) is 0 Å². The van der Waals surface area contributed by atoms with Crippen LogP contribution >= 0.6 is 15.9 Å². The Kier molecular flexibility index (Phi) is 3.84. The van der Waals surface area contributed by atoms with Crippen molar-refractivity contribution in [1.29, 1.82) is 0 Å². The van der Waals surface area contributed by atoms with Crippen LogP contribution in [0, 0.1) is 17.2 Å². The lowest BCUT2D eigenvalue weighted by molar-refractivity contribution is -0.130. The molecule has 1 aliphatic heterocycles. The molecule has 1 N–H and O–H groups in total. The topological polar surface area (TPSA) is 67.2 Å². The zero-order valence-corrected chi connectivity index (χ0v) is 16.4. The first-order chi connectivity index (χ1) is 12.2. The van der Waals surface area contributed by atoms with Gasteiger partial charge in [0, 0.05) is 24.1 Å². The van der Waals surface area contributed by atoms with Crippen molar-refractivity contribution in [3.8, 4) is 0 Å². The number of benzene rings is 1. The Hall–Kier alpha value is -2.02. The minimum absolute atomic E-state index is 0.0850. The normalized spacial score (nSPS) is 24.0. The molecule has 2 aliphatic rings. The lowest BCUT2D eigenvalue weighted by atomic mass is 9.63. The molecular weight excluding hydrogens is 401 g/mol. The van der Waals surface area contributed by atoms with E-state index in [1.165, 1.54) is 6.07 Å². The highest BCUT2D eigenvalue weighted by atomic mass is 79.9. The van der Waals surface area contributed by atoms with Gasteiger partial charge in [-0.05, 0) is 46.5 Å². The van der Waals surface area contributed by atoms with Crippen molar-refractivity contribution in [2.45, 2.75) is 32.6 Å². The molecule has 0 spiro atoms. The Morgan fingerprint density at radius 2 is 2.04 bits per heavy atom. The molecule has 2 heterocycles. The van der Waals surface area contributed by atoms with Crippen LogP contribution in [-0.2, 0) is 11.8 Å². The van der Waals surface area contributed by atoms with Gasteiger partial charge >= 0.3 is 0 Å². The number of hydrogen-bond donors (Lipinski definition) is 1. The number of hydrogen-bond acceptors (Lipinski definition) is 3. The molecule has 0 radical (unpaired) electrons. The maximum atomic E-state index is 13.8. The molecule has 1 aromatic heterocycles. The summed E-state index contributed by atoms with van der Waals surface area (Å²) in [6.07, 6.45) is 1.44. The number of carbonyl (C=O) groups excluding carboxylic acids is 1. The summed E-state index contributed by atoms with van der Waals surface area (Å²) in [5, 5.41) is 2.75. The standard InChI is InChI=1S/C19H19BrFN3O2/c1-19(2)7-6-12-14(16(19)25)13(9-4-5-11(21)10(20)8-9)15-17(22-12)24(3)23-18(15)26/h4-5,8,13-14H,6-7H2,1-3H3,(H,23,26). The van der Waals surface area contributed by atoms with Gasteiger partial charge in [0.1, 0.15) is 11.6 Å². The van der Waals surface area contributed by atoms with E-state index in [0.29, 0.717) is 22.3 Å². The molecule has 2 aromatic rings. The van der Waals surface area contributed by atoms with Gasteiger partial charge < -0.3 is 0 Å². The van der Waals surface area contributed by atoms with Crippen LogP contribution in [-0.4, -0.2) is 21.3 Å². The third-order valence-electron chi connectivity index (χ3n) is 5.58. The molecular formula is C19H19BrFN3O2. The average Bonchev–Trinajstić information content (AvgIpc) is 2.86. The van der Waals surface area contributed by atoms with Gasteiger partial charge in [-0.15, -0.1) is 0 Å². The van der Waals surface area contributed by atoms with Crippen molar-refractivity contribution < 1.29 is 9.18 Å². The Balaban J connectivity index is 1.99. The average molecular weight is 420 g/mol. The second-order valence-electron chi connectivity index (χ2n) is 7.72. The predicted octanol–water partition coefficient (Wildman–Crippen LogP) is 3.84. The Morgan fingerprint density at radius 3 is 2.73 bits per heavy atom. The first kappa shape index (κ1) is 17.4. The van der Waals surface area contributed by atoms with E-state index in [1.54, 1.807) is 23.9 Å². The maximum Gasteiger partial charge on any atom is 0.270 e. The maximum absolute atomic E-state index is 13.8. The summed E-state index contributed by atoms with van der Waals surface area (Å²) < 4.78 is 15.7. The van der Waals surface area contributed by atoms with Gasteiger partial charge in [0.25, 0.3) is 5.56 Å². The second-order valence-corrected chi connectivity index (χ2v) is 8.57. The highest BCUT2D eigenvalue weighted by Gasteiger charge is 2.49. The number of Topliss-reactive ketones (excluding diaryl/α,β-unsaturated/α-hetero) is 1. The van der Waals surface area contributed by atoms with Crippen molar-refractivity contribution in [3.05, 3.63) is 50.0 Å². The highest BCUT2D eigenvalue weighted by molar-refractivity contribution is 9.10. The first-order valence-electron chi connectivity index (χ1n) is 8.56. The SMILES string of the molecule is Cn1[nH]c(=O)c2c1N=C1CCC(C)(C)C(=O)C1C2c1ccc(F)c(Br)c1. The monoisotopic (exact) mass is 419 g/mol. The van der Waals surface area contributed by atoms with Crippen LogP contribution < -0.4 is 5.56 Å². The summed E-state index contributed by atoms with van der Waals surface area (Å²) in [6.45, 7) is 3.88. The predicted molar refractivity (Wildman–Crippen MR) is 101 cm³/mol. The van der Waals surface area contributed by atoms with Gasteiger partial charge in [0.05, 0.1) is 16.0 Å². The molecule has 26 heavy (non-hydrogen) atoms. The summed E-state index contributed by atoms with van der Waals surface area (Å²) in [5.41, 5.74) is 1.29. The third kappa shape index (κ3) is 2.44. The number of nitrogens with one attached hydrogen (secondary N) is 1. The minimum atomic E-state index is -0.493. The number of halogens is 2. The van der Waals surface area contributed by atoms with E-state index in [-0.39, 0.29) is 17.2 Å². The van der Waals surface area contributed by atoms with Crippen molar-refractivity contribution in [3.63, 3.8) is 0 Å². The Bertz CT molecular complexity index is 1020. The number of rotatable bonds is 1. The van der Waals surface area contributed by atoms with Crippen molar-refractivity contribution >= 4 is 33.2 Å². The van der Waals surface area contributed by atoms with E-state index in [4.69, 9.17) is 0 Å². The number of aryl methyl sites for hydroxylation is 1. The fraction of sp³-hybridized carbons (Fsp3) is 0.421. The molecule has 2 unspecified atom stereocenters. The van der Waals surface area contributed by atoms with E-state index in [1.807, 2.05) is 13.8 Å². The van der Waals surface area contributed by atoms with Crippen molar-refractivity contribution in [2.24, 2.45) is 23.4 Å². The number of aromatic nitrogens is 2. The highest BCUT2D eigenvalue weighted by Crippen LogP contribution is 2.48. The van der Waals surface area contributed by atoms with Gasteiger partial charge in [-0.25, -0.2) is 9.38 Å². The molecule has 0 bridgehead atoms. The van der Waals surface area contributed by atoms with E-state index < -0.39 is 17.3 Å². The van der Waals surface area contributed by atoms with Gasteiger partial charge in [-0.1, -0.05) is 19.9 Å². The molecule has 1 fully saturated rings. The van der Waals surface area contributed by atoms with Gasteiger partial charge in [0.15, 0.2) is 5.82 Å². The molecule has 2 atom stereocenters. The largest absolute Gasteiger partial charge is 0.298 e. The molecule has 1 aliphatic carbocycles. The first-order valence-corrected chi connectivity index (χ1v) is 9.35. The summed E-state index contributed by atoms with van der Waals surface area (Å²) in [5.74, 6) is -0.699. The van der Waals surface area contributed by atoms with Crippen LogP contribution in [0.15, 0.2) is 32.5 Å². The van der Waals surface area contributed by atoms with Gasteiger partial charge in [-0.3, -0.25) is 19.4 Å². The van der Waals surface area contributed by atoms with Crippen LogP contribution in [0.1, 0.15) is 43.7 Å². The molecule has 0 amide bonds. The van der Waals surface area contributed by atoms with Crippen LogP contribution in [0.5, 0.6) is 0 Å². The number of nitrogens with zero attached hydrogens (tertiary/aromatic N) is 2. The molecule has 7 heteroatoms. The Labute approximate surface area is 158 Å². The third-order valence-corrected chi connectivity index (χ3v) is 6.19. The number of ketones is 1. The molecule has 136 valence electrons. The smallest absolute Gasteiger partial charge is 0.270 e. The number of H-pyrrole nitrogens is 1. The van der Waals surface area contributed by atoms with Crippen LogP contribution in [0.2, 0.25) is 0 Å². The molecule has 1 aromatic carbocycles. The number of fused-ring (bicyclic) bond motifs is 2. The zero-order valence-electron chi connectivity index (χ0n) is 14.8. The van der Waals surface area contributed by atoms with Crippen molar-refractivity contribution in [2.75, 3.05) is 0 Å². The molecule has 1 saturated carbocycles. The summed E-state index contributed by atoms with van der Waals surface area (Å²) in [4.78, 5) is 30.5. The van der Waals surface area contributed by atoms with E-state index >= 15 is 0 Å². The van der Waals surface area contributed by atoms with E-state index in [0.717, 1.165) is 17.7 Å². The van der Waals surface area contributed by atoms with Gasteiger partial charge in [0.2, 0.25) is 0 Å². The Morgan fingerprint density at radius 1 is 1.31 bits per heavy atom.